The van der Waals surface area contributed by atoms with Gasteiger partial charge in [0.2, 0.25) is 12.7 Å². The molecule has 1 aromatic rings. The molecule has 0 radical (unpaired) electrons. The average molecular weight is 404 g/mol. The van der Waals surface area contributed by atoms with Gasteiger partial charge in [-0.3, -0.25) is 9.69 Å². The van der Waals surface area contributed by atoms with Crippen LogP contribution < -0.4 is 14.2 Å². The fourth-order valence-electron chi connectivity index (χ4n) is 4.68. The largest absolute Gasteiger partial charge is 0.488 e. The van der Waals surface area contributed by atoms with Crippen molar-refractivity contribution < 1.29 is 33.6 Å². The van der Waals surface area contributed by atoms with E-state index in [1.807, 2.05) is 6.07 Å². The number of aliphatic hydroxyl groups is 1. The molecule has 9 heteroatoms. The summed E-state index contributed by atoms with van der Waals surface area (Å²) in [6, 6.07) is 5.39. The smallest absolute Gasteiger partial charge is 0.410 e. The highest BCUT2D eigenvalue weighted by Gasteiger charge is 2.44. The van der Waals surface area contributed by atoms with Gasteiger partial charge in [0, 0.05) is 19.2 Å². The molecule has 4 atom stereocenters. The highest BCUT2D eigenvalue weighted by molar-refractivity contribution is 5.83. The Balaban J connectivity index is 1.20. The van der Waals surface area contributed by atoms with E-state index in [9.17, 15) is 14.7 Å². The van der Waals surface area contributed by atoms with E-state index in [-0.39, 0.29) is 37.2 Å². The van der Waals surface area contributed by atoms with Crippen LogP contribution in [0.4, 0.5) is 4.79 Å². The summed E-state index contributed by atoms with van der Waals surface area (Å²) < 4.78 is 21.6. The number of fused-ring (bicyclic) bond motifs is 2. The molecule has 1 aromatic carbocycles. The van der Waals surface area contributed by atoms with Crippen LogP contribution in [0.15, 0.2) is 18.2 Å². The van der Waals surface area contributed by atoms with Crippen molar-refractivity contribution in [2.75, 3.05) is 39.6 Å². The maximum atomic E-state index is 12.6. The summed E-state index contributed by atoms with van der Waals surface area (Å²) in [6.07, 6.45) is -0.0845. The fourth-order valence-corrected chi connectivity index (χ4v) is 4.68. The van der Waals surface area contributed by atoms with Crippen LogP contribution in [0.25, 0.3) is 0 Å². The number of aliphatic hydroxyl groups excluding tert-OH is 1. The zero-order valence-corrected chi connectivity index (χ0v) is 16.0. The number of ether oxygens (including phenoxy) is 4. The Labute approximate surface area is 168 Å². The molecule has 0 spiro atoms. The first-order valence-electron chi connectivity index (χ1n) is 10.0. The molecule has 2 amide bonds. The van der Waals surface area contributed by atoms with Crippen molar-refractivity contribution in [3.05, 3.63) is 18.2 Å². The Kier molecular flexibility index (Phi) is 4.61. The molecule has 3 heterocycles. The number of amides is 2. The van der Waals surface area contributed by atoms with Crippen LogP contribution >= 0.6 is 0 Å². The number of hydrogen-bond acceptors (Lipinski definition) is 7. The van der Waals surface area contributed by atoms with Gasteiger partial charge in [0.25, 0.3) is 0 Å². The minimum atomic E-state index is -0.592. The lowest BCUT2D eigenvalue weighted by Crippen LogP contribution is -2.42. The molecule has 4 aliphatic rings. The van der Waals surface area contributed by atoms with E-state index in [4.69, 9.17) is 18.9 Å². The number of cyclic esters (lactones) is 1. The maximum absolute atomic E-state index is 12.6. The van der Waals surface area contributed by atoms with Crippen molar-refractivity contribution in [2.45, 2.75) is 25.0 Å². The molecule has 29 heavy (non-hydrogen) atoms. The van der Waals surface area contributed by atoms with Crippen LogP contribution in [-0.2, 0) is 9.53 Å². The Bertz CT molecular complexity index is 816. The highest BCUT2D eigenvalue weighted by atomic mass is 16.7. The summed E-state index contributed by atoms with van der Waals surface area (Å²) in [4.78, 5) is 27.4. The van der Waals surface area contributed by atoms with Crippen LogP contribution in [0, 0.1) is 11.8 Å². The zero-order valence-electron chi connectivity index (χ0n) is 16.0. The van der Waals surface area contributed by atoms with E-state index in [1.165, 1.54) is 4.90 Å². The normalized spacial score (nSPS) is 30.3. The van der Waals surface area contributed by atoms with Gasteiger partial charge in [-0.2, -0.15) is 0 Å². The van der Waals surface area contributed by atoms with E-state index in [0.717, 1.165) is 0 Å². The molecule has 2 saturated heterocycles. The molecule has 0 bridgehead atoms. The van der Waals surface area contributed by atoms with E-state index >= 15 is 0 Å². The lowest BCUT2D eigenvalue weighted by atomic mass is 9.78. The Morgan fingerprint density at radius 1 is 1.14 bits per heavy atom. The maximum Gasteiger partial charge on any atom is 0.410 e. The summed E-state index contributed by atoms with van der Waals surface area (Å²) in [5.41, 5.74) is 0. The molecule has 3 aliphatic heterocycles. The second-order valence-electron chi connectivity index (χ2n) is 8.06. The minimum absolute atomic E-state index is 0.0535. The van der Waals surface area contributed by atoms with E-state index in [1.54, 1.807) is 17.0 Å². The highest BCUT2D eigenvalue weighted by Crippen LogP contribution is 2.40. The van der Waals surface area contributed by atoms with Gasteiger partial charge in [0.05, 0.1) is 12.6 Å². The summed E-state index contributed by atoms with van der Waals surface area (Å²) >= 11 is 0. The second kappa shape index (κ2) is 7.29. The third kappa shape index (κ3) is 3.55. The van der Waals surface area contributed by atoms with Crippen LogP contribution in [0.2, 0.25) is 0 Å². The number of likely N-dealkylation sites (tertiary alicyclic amines) is 1. The van der Waals surface area contributed by atoms with Crippen molar-refractivity contribution in [1.29, 1.82) is 0 Å². The van der Waals surface area contributed by atoms with Gasteiger partial charge < -0.3 is 29.0 Å². The van der Waals surface area contributed by atoms with Gasteiger partial charge in [-0.15, -0.1) is 0 Å². The molecule has 1 N–H and O–H groups in total. The first kappa shape index (κ1) is 18.4. The molecule has 1 aliphatic carbocycles. The Morgan fingerprint density at radius 2 is 1.93 bits per heavy atom. The topological polar surface area (TPSA) is 97.8 Å². The van der Waals surface area contributed by atoms with Gasteiger partial charge in [-0.25, -0.2) is 4.79 Å². The summed E-state index contributed by atoms with van der Waals surface area (Å²) in [5.74, 6) is 2.41. The predicted molar refractivity (Wildman–Crippen MR) is 98.7 cm³/mol. The number of nitrogens with zero attached hydrogens (tertiary/aromatic N) is 2. The molecule has 9 nitrogen and oxygen atoms in total. The Hall–Kier alpha value is -2.68. The SMILES string of the molecule is O=C(CN1CCOC1=O)N1C[C@H]2C[C@@H](Oc3ccc4c(c3)OCO4)[C@H](O)C[C@H]2C1. The van der Waals surface area contributed by atoms with Crippen LogP contribution in [0.1, 0.15) is 12.8 Å². The summed E-state index contributed by atoms with van der Waals surface area (Å²) in [5, 5.41) is 10.6. The molecule has 0 unspecified atom stereocenters. The zero-order chi connectivity index (χ0) is 20.0. The third-order valence-corrected chi connectivity index (χ3v) is 6.24. The monoisotopic (exact) mass is 404 g/mol. The van der Waals surface area contributed by atoms with E-state index in [2.05, 4.69) is 0 Å². The number of carbonyl (C=O) groups excluding carboxylic acids is 2. The lowest BCUT2D eigenvalue weighted by Gasteiger charge is -2.35. The van der Waals surface area contributed by atoms with Gasteiger partial charge in [0.15, 0.2) is 11.5 Å². The summed E-state index contributed by atoms with van der Waals surface area (Å²) in [6.45, 7) is 2.28. The van der Waals surface area contributed by atoms with Crippen molar-refractivity contribution in [2.24, 2.45) is 11.8 Å². The molecule has 156 valence electrons. The first-order valence-corrected chi connectivity index (χ1v) is 10.0. The number of carbonyl (C=O) groups is 2. The van der Waals surface area contributed by atoms with Crippen LogP contribution in [0.5, 0.6) is 17.2 Å². The lowest BCUT2D eigenvalue weighted by molar-refractivity contribution is -0.130. The fraction of sp³-hybridized carbons (Fsp3) is 0.600. The van der Waals surface area contributed by atoms with E-state index in [0.29, 0.717) is 56.3 Å². The van der Waals surface area contributed by atoms with Gasteiger partial charge in [-0.05, 0) is 36.8 Å². The first-order chi connectivity index (χ1) is 14.1. The molecular formula is C20H24N2O7. The minimum Gasteiger partial charge on any atom is -0.488 e. The van der Waals surface area contributed by atoms with Crippen LogP contribution in [0.3, 0.4) is 0 Å². The molecular weight excluding hydrogens is 380 g/mol. The summed E-state index contributed by atoms with van der Waals surface area (Å²) in [7, 11) is 0. The second-order valence-corrected chi connectivity index (χ2v) is 8.06. The van der Waals surface area contributed by atoms with E-state index < -0.39 is 12.2 Å². The van der Waals surface area contributed by atoms with Crippen molar-refractivity contribution >= 4 is 12.0 Å². The molecule has 0 aromatic heterocycles. The van der Waals surface area contributed by atoms with Gasteiger partial charge in [0.1, 0.15) is 25.0 Å². The van der Waals surface area contributed by atoms with Crippen molar-refractivity contribution in [3.8, 4) is 17.2 Å². The predicted octanol–water partition coefficient (Wildman–Crippen LogP) is 0.844. The Morgan fingerprint density at radius 3 is 2.72 bits per heavy atom. The van der Waals surface area contributed by atoms with Gasteiger partial charge in [-0.1, -0.05) is 0 Å². The number of hydrogen-bond donors (Lipinski definition) is 1. The number of rotatable bonds is 4. The van der Waals surface area contributed by atoms with Crippen molar-refractivity contribution in [3.63, 3.8) is 0 Å². The number of benzene rings is 1. The van der Waals surface area contributed by atoms with Crippen molar-refractivity contribution in [1.82, 2.24) is 9.80 Å². The molecule has 5 rings (SSSR count). The quantitative estimate of drug-likeness (QED) is 0.794. The average Bonchev–Trinajstić information content (AvgIpc) is 3.42. The molecule has 3 fully saturated rings. The molecule has 1 saturated carbocycles. The van der Waals surface area contributed by atoms with Gasteiger partial charge >= 0.3 is 6.09 Å². The van der Waals surface area contributed by atoms with Crippen LogP contribution in [-0.4, -0.2) is 78.7 Å². The standard InChI is InChI=1S/C20H24N2O7/c23-15-5-12-8-22(19(24)10-21-3-4-26-20(21)25)9-13(12)6-17(15)29-14-1-2-16-18(7-14)28-11-27-16/h1-2,7,12-13,15,17,23H,3-6,8-11H2/t12-,13+,15+,17+/m0/s1. The third-order valence-electron chi connectivity index (χ3n) is 6.24.